The van der Waals surface area contributed by atoms with Gasteiger partial charge in [0.2, 0.25) is 22.9 Å². The lowest BCUT2D eigenvalue weighted by molar-refractivity contribution is -0.645. The van der Waals surface area contributed by atoms with Crippen LogP contribution in [0.3, 0.4) is 0 Å². The Morgan fingerprint density at radius 3 is 2.14 bits per heavy atom. The van der Waals surface area contributed by atoms with Crippen LogP contribution >= 0.6 is 0 Å². The van der Waals surface area contributed by atoms with E-state index in [1.54, 1.807) is 74.5 Å². The summed E-state index contributed by atoms with van der Waals surface area (Å²) in [6.45, 7) is 3.61. The second-order valence-electron chi connectivity index (χ2n) is 15.8. The fraction of sp³-hybridized carbons (Fsp3) is 0.255. The van der Waals surface area contributed by atoms with Gasteiger partial charge in [-0.1, -0.05) is 24.3 Å². The number of aromatic nitrogens is 5. The van der Waals surface area contributed by atoms with E-state index in [1.807, 2.05) is 16.7 Å². The topological polar surface area (TPSA) is 314 Å². The lowest BCUT2D eigenvalue weighted by Crippen LogP contribution is -2.49. The number of nitrogens with two attached hydrogens (primary N) is 1. The Hall–Kier alpha value is -7.92. The molecule has 0 aliphatic carbocycles. The van der Waals surface area contributed by atoms with Crippen LogP contribution in [-0.2, 0) is 32.7 Å². The summed E-state index contributed by atoms with van der Waals surface area (Å²) < 4.78 is 47.5. The quantitative estimate of drug-likeness (QED) is 0.0143. The van der Waals surface area contributed by atoms with Gasteiger partial charge < -0.3 is 46.1 Å². The van der Waals surface area contributed by atoms with Crippen LogP contribution in [0.15, 0.2) is 95.9 Å². The van der Waals surface area contributed by atoms with Crippen molar-refractivity contribution >= 4 is 78.4 Å². The van der Waals surface area contributed by atoms with Crippen LogP contribution in [0.4, 0.5) is 11.6 Å². The summed E-state index contributed by atoms with van der Waals surface area (Å²) in [7, 11) is -4.41. The number of carbonyl (C=O) groups is 4. The van der Waals surface area contributed by atoms with Gasteiger partial charge in [-0.25, -0.2) is 23.2 Å². The second kappa shape index (κ2) is 21.8. The summed E-state index contributed by atoms with van der Waals surface area (Å²) in [6.07, 6.45) is 1.55. The molecule has 69 heavy (non-hydrogen) atoms. The molecule has 1 unspecified atom stereocenters. The van der Waals surface area contributed by atoms with Crippen molar-refractivity contribution in [1.29, 1.82) is 0 Å². The number of aliphatic hydroxyl groups is 1. The molecule has 4 aromatic carbocycles. The first-order valence-corrected chi connectivity index (χ1v) is 23.2. The highest BCUT2D eigenvalue weighted by molar-refractivity contribution is 7.85. The lowest BCUT2D eigenvalue weighted by Gasteiger charge is -2.16. The highest BCUT2D eigenvalue weighted by atomic mass is 32.2. The van der Waals surface area contributed by atoms with Crippen molar-refractivity contribution in [2.75, 3.05) is 49.7 Å². The minimum Gasteiger partial charge on any atom is -0.748 e. The maximum absolute atomic E-state index is 14.0. The SMILES string of the molecule is Cc1cc(C(=O)NCCOCCNC(=O)C(CO)NC(=O)c2ccc(NCc3cnc4nc(N)[nH]c(=O)c4n3)cc2)cc(C)c1OC(=O)c1c2ccccc2[n+](CCCS(=O)(=O)[O-])c2ccccc12. The van der Waals surface area contributed by atoms with Crippen molar-refractivity contribution in [3.63, 3.8) is 0 Å². The Labute approximate surface area is 394 Å². The van der Waals surface area contributed by atoms with Crippen molar-refractivity contribution in [2.24, 2.45) is 0 Å². The molecule has 7 rings (SSSR count). The number of amides is 3. The predicted octanol–water partition coefficient (Wildman–Crippen LogP) is 1.93. The van der Waals surface area contributed by atoms with E-state index in [4.69, 9.17) is 15.2 Å². The number of nitrogen functional groups attached to an aromatic ring is 1. The number of aromatic amines is 1. The van der Waals surface area contributed by atoms with E-state index in [0.29, 0.717) is 55.4 Å². The molecule has 1 atom stereocenters. The molecule has 0 aliphatic heterocycles. The van der Waals surface area contributed by atoms with E-state index >= 15 is 0 Å². The molecule has 3 heterocycles. The van der Waals surface area contributed by atoms with Gasteiger partial charge in [-0.3, -0.25) is 24.2 Å². The molecule has 0 bridgehead atoms. The molecule has 7 aromatic rings. The number of benzene rings is 4. The fourth-order valence-electron chi connectivity index (χ4n) is 7.60. The number of esters is 1. The monoisotopic (exact) mass is 960 g/mol. The van der Waals surface area contributed by atoms with Crippen molar-refractivity contribution < 1.29 is 51.3 Å². The first kappa shape index (κ1) is 49.0. The van der Waals surface area contributed by atoms with Crippen molar-refractivity contribution in [3.8, 4) is 5.75 Å². The first-order chi connectivity index (χ1) is 33.1. The average molecular weight is 961 g/mol. The number of para-hydroxylation sites is 2. The zero-order valence-corrected chi connectivity index (χ0v) is 38.2. The summed E-state index contributed by atoms with van der Waals surface area (Å²) in [5, 5.41) is 22.0. The van der Waals surface area contributed by atoms with Crippen LogP contribution in [0.5, 0.6) is 5.75 Å². The number of fused-ring (bicyclic) bond motifs is 3. The van der Waals surface area contributed by atoms with E-state index in [2.05, 4.69) is 41.2 Å². The van der Waals surface area contributed by atoms with E-state index in [1.165, 1.54) is 18.3 Å². The van der Waals surface area contributed by atoms with Gasteiger partial charge in [0.25, 0.3) is 17.4 Å². The number of pyridine rings is 1. The van der Waals surface area contributed by atoms with Crippen LogP contribution in [0.25, 0.3) is 33.0 Å². The Morgan fingerprint density at radius 1 is 0.870 bits per heavy atom. The molecule has 0 aliphatic rings. The molecule has 21 nitrogen and oxygen atoms in total. The molecule has 0 radical (unpaired) electrons. The van der Waals surface area contributed by atoms with Crippen LogP contribution in [0, 0.1) is 13.8 Å². The zero-order chi connectivity index (χ0) is 49.2. The van der Waals surface area contributed by atoms with E-state index in [9.17, 15) is 42.0 Å². The Balaban J connectivity index is 0.849. The third kappa shape index (κ3) is 12.2. The number of H-pyrrole nitrogens is 1. The molecular formula is C47H48N10O11S. The largest absolute Gasteiger partial charge is 0.748 e. The van der Waals surface area contributed by atoms with Crippen molar-refractivity contribution in [3.05, 3.63) is 135 Å². The number of anilines is 2. The van der Waals surface area contributed by atoms with Gasteiger partial charge in [0.05, 0.1) is 64.7 Å². The van der Waals surface area contributed by atoms with Crippen molar-refractivity contribution in [2.45, 2.75) is 39.4 Å². The summed E-state index contributed by atoms with van der Waals surface area (Å²) in [5.41, 5.74) is 9.57. The lowest BCUT2D eigenvalue weighted by atomic mass is 10.0. The Kier molecular flexibility index (Phi) is 15.5. The van der Waals surface area contributed by atoms with Gasteiger partial charge in [-0.15, -0.1) is 0 Å². The van der Waals surface area contributed by atoms with Crippen LogP contribution < -0.4 is 41.9 Å². The van der Waals surface area contributed by atoms with Gasteiger partial charge in [0, 0.05) is 54.2 Å². The molecule has 3 aromatic heterocycles. The highest BCUT2D eigenvalue weighted by Crippen LogP contribution is 2.30. The minimum atomic E-state index is -4.41. The molecule has 358 valence electrons. The van der Waals surface area contributed by atoms with Gasteiger partial charge in [-0.2, -0.15) is 9.55 Å². The van der Waals surface area contributed by atoms with Gasteiger partial charge in [0.1, 0.15) is 11.8 Å². The first-order valence-electron chi connectivity index (χ1n) is 21.6. The highest BCUT2D eigenvalue weighted by Gasteiger charge is 2.27. The number of nitrogens with one attached hydrogen (secondary N) is 5. The molecule has 0 spiro atoms. The number of rotatable bonds is 20. The number of aryl methyl sites for hydroxylation is 3. The molecular weight excluding hydrogens is 913 g/mol. The molecule has 0 saturated heterocycles. The summed E-state index contributed by atoms with van der Waals surface area (Å²) >= 11 is 0. The standard InChI is InChI=1S/C47H48N10O11S/c1-27-22-30(23-28(2)40(27)68-46(63)38-33-8-3-5-10-36(33)57(18-7-21-69(64,65)66)37-11-6-4-9-34(37)38)42(59)49-16-19-67-20-17-50-44(61)35(26-58)54-43(60)29-12-14-31(15-13-29)51-24-32-25-52-41-39(53-32)45(62)56-47(48)55-41/h3-6,8-15,22-23,25,35,58H,7,16-21,24,26H2,1-2H3,(H7-,48,49,50,51,52,54,55,56,59,60,61,62,64,65,66). The zero-order valence-electron chi connectivity index (χ0n) is 37.4. The van der Waals surface area contributed by atoms with Crippen LogP contribution in [0.1, 0.15) is 54.3 Å². The smallest absolute Gasteiger partial charge is 0.345 e. The number of carbonyl (C=O) groups excluding carboxylic acids is 4. The molecule has 3 amide bonds. The van der Waals surface area contributed by atoms with Gasteiger partial charge in [0.15, 0.2) is 17.7 Å². The fourth-order valence-corrected chi connectivity index (χ4v) is 8.08. The predicted molar refractivity (Wildman–Crippen MR) is 252 cm³/mol. The number of nitrogens with zero attached hydrogens (tertiary/aromatic N) is 4. The van der Waals surface area contributed by atoms with Crippen LogP contribution in [0.2, 0.25) is 0 Å². The van der Waals surface area contributed by atoms with Crippen molar-refractivity contribution in [1.82, 2.24) is 35.9 Å². The van der Waals surface area contributed by atoms with E-state index in [0.717, 1.165) is 0 Å². The molecule has 22 heteroatoms. The number of hydrogen-bond donors (Lipinski definition) is 7. The normalized spacial score (nSPS) is 11.9. The van der Waals surface area contributed by atoms with Crippen LogP contribution in [-0.4, -0.2) is 106 Å². The summed E-state index contributed by atoms with van der Waals surface area (Å²) in [6, 6.07) is 22.7. The maximum atomic E-state index is 14.0. The average Bonchev–Trinajstić information content (AvgIpc) is 3.32. The maximum Gasteiger partial charge on any atom is 0.345 e. The molecule has 0 fully saturated rings. The summed E-state index contributed by atoms with van der Waals surface area (Å²) in [5.74, 6) is -2.54. The second-order valence-corrected chi connectivity index (χ2v) is 17.3. The third-order valence-corrected chi connectivity index (χ3v) is 11.6. The van der Waals surface area contributed by atoms with E-state index in [-0.39, 0.29) is 74.2 Å². The third-order valence-electron chi connectivity index (χ3n) is 10.8. The number of hydrogen-bond acceptors (Lipinski definition) is 16. The Bertz CT molecular complexity index is 3180. The number of aliphatic hydroxyl groups excluding tert-OH is 1. The molecule has 8 N–H and O–H groups in total. The minimum absolute atomic E-state index is 0.0462. The summed E-state index contributed by atoms with van der Waals surface area (Å²) in [4.78, 5) is 79.7. The number of ether oxygens (including phenoxy) is 2. The Morgan fingerprint density at radius 2 is 1.51 bits per heavy atom. The van der Waals surface area contributed by atoms with Gasteiger partial charge in [-0.05, 0) is 73.5 Å². The van der Waals surface area contributed by atoms with E-state index < -0.39 is 57.8 Å². The molecule has 0 saturated carbocycles. The van der Waals surface area contributed by atoms with Gasteiger partial charge >= 0.3 is 5.97 Å².